The standard InChI is InChI=1S/C24H26O9/c1-11-23(5,31-11)20(26)29-18-14-9-13-7-8-17(25)28-15(13)10-16(14)33-22(3,4)19(18)30-21(27)24(6)12(2)32-24/h7-12,18-19H,1-6H3/t11-,12+,18+,19+,23+,24-/m0/s1. The molecule has 176 valence electrons. The Kier molecular flexibility index (Phi) is 4.52. The van der Waals surface area contributed by atoms with E-state index in [0.717, 1.165) is 0 Å². The summed E-state index contributed by atoms with van der Waals surface area (Å²) in [5, 5.41) is 0.608. The molecular weight excluding hydrogens is 432 g/mol. The average molecular weight is 458 g/mol. The van der Waals surface area contributed by atoms with Gasteiger partial charge in [0.15, 0.2) is 23.4 Å². The molecule has 3 aliphatic heterocycles. The molecule has 9 heteroatoms. The Morgan fingerprint density at radius 2 is 1.48 bits per heavy atom. The first kappa shape index (κ1) is 21.9. The van der Waals surface area contributed by atoms with Gasteiger partial charge in [-0.05, 0) is 53.7 Å². The summed E-state index contributed by atoms with van der Waals surface area (Å²) in [5.74, 6) is -0.758. The summed E-state index contributed by atoms with van der Waals surface area (Å²) in [6, 6.07) is 6.20. The highest BCUT2D eigenvalue weighted by Crippen LogP contribution is 2.48. The van der Waals surface area contributed by atoms with Gasteiger partial charge in [-0.3, -0.25) is 0 Å². The van der Waals surface area contributed by atoms with E-state index in [2.05, 4.69) is 0 Å². The first-order valence-corrected chi connectivity index (χ1v) is 10.9. The Bertz CT molecular complexity index is 1230. The molecule has 0 N–H and O–H groups in total. The normalized spacial score (nSPS) is 35.8. The SMILES string of the molecule is C[C@@H]1O[C@@]1(C)C(=O)O[C@@H]1c2cc3ccc(=O)oc3cc2OC(C)(C)[C@@H]1OC(=O)[C@@]1(C)O[C@@H]1C. The lowest BCUT2D eigenvalue weighted by Gasteiger charge is -2.43. The van der Waals surface area contributed by atoms with Gasteiger partial charge in [-0.2, -0.15) is 0 Å². The largest absolute Gasteiger partial charge is 0.483 e. The summed E-state index contributed by atoms with van der Waals surface area (Å²) in [7, 11) is 0. The predicted octanol–water partition coefficient (Wildman–Crippen LogP) is 2.81. The molecule has 1 aromatic carbocycles. The van der Waals surface area contributed by atoms with Crippen LogP contribution in [0.5, 0.6) is 5.75 Å². The number of esters is 2. The van der Waals surface area contributed by atoms with Crippen LogP contribution in [0.25, 0.3) is 11.0 Å². The smallest absolute Gasteiger partial charge is 0.341 e. The third-order valence-corrected chi connectivity index (χ3v) is 6.95. The molecule has 0 aliphatic carbocycles. The van der Waals surface area contributed by atoms with Crippen molar-refractivity contribution in [1.82, 2.24) is 0 Å². The van der Waals surface area contributed by atoms with E-state index in [-0.39, 0.29) is 12.2 Å². The van der Waals surface area contributed by atoms with Gasteiger partial charge in [-0.1, -0.05) is 0 Å². The summed E-state index contributed by atoms with van der Waals surface area (Å²) >= 11 is 0. The lowest BCUT2D eigenvalue weighted by atomic mass is 9.87. The maximum Gasteiger partial charge on any atom is 0.341 e. The quantitative estimate of drug-likeness (QED) is 0.387. The van der Waals surface area contributed by atoms with Crippen molar-refractivity contribution in [2.75, 3.05) is 0 Å². The van der Waals surface area contributed by atoms with Crippen LogP contribution in [0.15, 0.2) is 33.5 Å². The van der Waals surface area contributed by atoms with Crippen molar-refractivity contribution in [2.45, 2.75) is 82.8 Å². The molecule has 1 aromatic heterocycles. The van der Waals surface area contributed by atoms with Gasteiger partial charge in [0.25, 0.3) is 0 Å². The molecule has 2 fully saturated rings. The van der Waals surface area contributed by atoms with E-state index in [1.54, 1.807) is 59.7 Å². The average Bonchev–Trinajstić information content (AvgIpc) is 3.57. The highest BCUT2D eigenvalue weighted by molar-refractivity contribution is 5.85. The van der Waals surface area contributed by atoms with Crippen LogP contribution in [0.3, 0.4) is 0 Å². The Morgan fingerprint density at radius 1 is 0.909 bits per heavy atom. The zero-order chi connectivity index (χ0) is 23.9. The maximum atomic E-state index is 13.0. The number of carbonyl (C=O) groups excluding carboxylic acids is 2. The molecule has 0 spiro atoms. The second-order valence-corrected chi connectivity index (χ2v) is 9.77. The van der Waals surface area contributed by atoms with Crippen molar-refractivity contribution >= 4 is 22.9 Å². The lowest BCUT2D eigenvalue weighted by Crippen LogP contribution is -2.53. The zero-order valence-electron chi connectivity index (χ0n) is 19.3. The van der Waals surface area contributed by atoms with Gasteiger partial charge in [0.05, 0.1) is 12.2 Å². The molecule has 0 radical (unpaired) electrons. The monoisotopic (exact) mass is 458 g/mol. The van der Waals surface area contributed by atoms with E-state index < -0.39 is 46.6 Å². The number of hydrogen-bond donors (Lipinski definition) is 0. The van der Waals surface area contributed by atoms with E-state index >= 15 is 0 Å². The minimum absolute atomic E-state index is 0.280. The highest BCUT2D eigenvalue weighted by Gasteiger charge is 2.61. The van der Waals surface area contributed by atoms with Crippen molar-refractivity contribution in [1.29, 1.82) is 0 Å². The Balaban J connectivity index is 1.58. The van der Waals surface area contributed by atoms with Gasteiger partial charge in [0.1, 0.15) is 16.9 Å². The molecule has 2 saturated heterocycles. The molecular formula is C24H26O9. The minimum atomic E-state index is -1.08. The zero-order valence-corrected chi connectivity index (χ0v) is 19.3. The molecule has 9 nitrogen and oxygen atoms in total. The number of epoxide rings is 2. The Hall–Kier alpha value is -2.91. The minimum Gasteiger partial charge on any atom is -0.483 e. The number of benzene rings is 1. The van der Waals surface area contributed by atoms with Crippen LogP contribution < -0.4 is 10.4 Å². The van der Waals surface area contributed by atoms with E-state index in [1.165, 1.54) is 6.07 Å². The maximum absolute atomic E-state index is 13.0. The van der Waals surface area contributed by atoms with Crippen LogP contribution in [-0.4, -0.2) is 47.1 Å². The number of ether oxygens (including phenoxy) is 5. The van der Waals surface area contributed by atoms with Crippen LogP contribution >= 0.6 is 0 Å². The fourth-order valence-corrected chi connectivity index (χ4v) is 4.18. The molecule has 2 aromatic rings. The molecule has 5 rings (SSSR count). The lowest BCUT2D eigenvalue weighted by molar-refractivity contribution is -0.196. The third-order valence-electron chi connectivity index (χ3n) is 6.95. The topological polar surface area (TPSA) is 117 Å². The number of rotatable bonds is 4. The number of fused-ring (bicyclic) bond motifs is 2. The van der Waals surface area contributed by atoms with E-state index in [1.807, 2.05) is 0 Å². The molecule has 0 amide bonds. The second kappa shape index (κ2) is 6.80. The summed E-state index contributed by atoms with van der Waals surface area (Å²) in [5.41, 5.74) is -2.88. The van der Waals surface area contributed by atoms with Crippen molar-refractivity contribution in [2.24, 2.45) is 0 Å². The number of hydrogen-bond acceptors (Lipinski definition) is 9. The van der Waals surface area contributed by atoms with Gasteiger partial charge in [-0.15, -0.1) is 0 Å². The first-order valence-electron chi connectivity index (χ1n) is 10.9. The summed E-state index contributed by atoms with van der Waals surface area (Å²) in [6.45, 7) is 10.3. The van der Waals surface area contributed by atoms with Crippen LogP contribution in [-0.2, 0) is 28.5 Å². The van der Waals surface area contributed by atoms with Gasteiger partial charge in [-0.25, -0.2) is 14.4 Å². The van der Waals surface area contributed by atoms with E-state index in [4.69, 9.17) is 28.1 Å². The van der Waals surface area contributed by atoms with Crippen LogP contribution in [0.1, 0.15) is 53.2 Å². The van der Waals surface area contributed by atoms with Crippen molar-refractivity contribution < 1.29 is 37.7 Å². The molecule has 4 heterocycles. The van der Waals surface area contributed by atoms with Gasteiger partial charge >= 0.3 is 17.6 Å². The summed E-state index contributed by atoms with van der Waals surface area (Å²) < 4.78 is 34.1. The van der Waals surface area contributed by atoms with Crippen molar-refractivity contribution in [3.63, 3.8) is 0 Å². The van der Waals surface area contributed by atoms with E-state index in [0.29, 0.717) is 22.3 Å². The van der Waals surface area contributed by atoms with E-state index in [9.17, 15) is 14.4 Å². The summed E-state index contributed by atoms with van der Waals surface area (Å²) in [6.07, 6.45) is -2.52. The molecule has 0 bridgehead atoms. The Morgan fingerprint density at radius 3 is 2.06 bits per heavy atom. The first-order chi connectivity index (χ1) is 15.3. The summed E-state index contributed by atoms with van der Waals surface area (Å²) in [4.78, 5) is 37.6. The fourth-order valence-electron chi connectivity index (χ4n) is 4.18. The number of carbonyl (C=O) groups is 2. The highest BCUT2D eigenvalue weighted by atomic mass is 16.7. The van der Waals surface area contributed by atoms with Crippen LogP contribution in [0.2, 0.25) is 0 Å². The van der Waals surface area contributed by atoms with Crippen LogP contribution in [0, 0.1) is 0 Å². The Labute approximate surface area is 189 Å². The van der Waals surface area contributed by atoms with Gasteiger partial charge in [0, 0.05) is 23.1 Å². The van der Waals surface area contributed by atoms with Gasteiger partial charge in [0.2, 0.25) is 0 Å². The molecule has 3 aliphatic rings. The molecule has 0 saturated carbocycles. The third kappa shape index (κ3) is 3.41. The molecule has 0 unspecified atom stereocenters. The molecule has 33 heavy (non-hydrogen) atoms. The van der Waals surface area contributed by atoms with Crippen molar-refractivity contribution in [3.8, 4) is 5.75 Å². The van der Waals surface area contributed by atoms with Crippen LogP contribution in [0.4, 0.5) is 0 Å². The van der Waals surface area contributed by atoms with Crippen molar-refractivity contribution in [3.05, 3.63) is 40.2 Å². The second-order valence-electron chi connectivity index (χ2n) is 9.77. The predicted molar refractivity (Wildman–Crippen MR) is 114 cm³/mol. The fraction of sp³-hybridized carbons (Fsp3) is 0.542. The molecule has 6 atom stereocenters. The van der Waals surface area contributed by atoms with Gasteiger partial charge < -0.3 is 28.1 Å².